The maximum Gasteiger partial charge on any atom is 0.273 e. The smallest absolute Gasteiger partial charge is 0.273 e. The van der Waals surface area contributed by atoms with Crippen molar-refractivity contribution in [2.45, 2.75) is 58.2 Å². The van der Waals surface area contributed by atoms with Gasteiger partial charge < -0.3 is 24.6 Å². The molecule has 1 aliphatic rings. The molecule has 3 heterocycles. The third-order valence-corrected chi connectivity index (χ3v) is 8.01. The number of aliphatic hydroxyl groups is 1. The topological polar surface area (TPSA) is 118 Å². The lowest BCUT2D eigenvalue weighted by Crippen LogP contribution is -2.48. The van der Waals surface area contributed by atoms with E-state index < -0.39 is 18.1 Å². The molecule has 198 valence electrons. The fraction of sp³-hybridized carbons (Fsp3) is 0.462. The molecule has 2 N–H and O–H groups in total. The van der Waals surface area contributed by atoms with Crippen molar-refractivity contribution in [1.82, 2.24) is 20.4 Å². The Balaban J connectivity index is 1.50. The number of ether oxygens (including phenoxy) is 1. The standard InChI is InChI=1S/C26H31ClN4O5S/c1-13(2)20(22-21(27)25(35-5)30-36-22)26(34)31-11-18(32)10-19(31)24(33)29-14(3)16-6-8-17(9-7-16)23-15(4)28-12-37-23/h6-9,12-14,18-20,32H,10-11H2,1-5H3,(H,29,33)/t14-,18+,19?,20?/m0/s1. The van der Waals surface area contributed by atoms with E-state index in [9.17, 15) is 14.7 Å². The van der Waals surface area contributed by atoms with Gasteiger partial charge in [0.25, 0.3) is 5.88 Å². The molecular formula is C26H31ClN4O5S. The predicted molar refractivity (Wildman–Crippen MR) is 141 cm³/mol. The number of methoxy groups -OCH3 is 1. The monoisotopic (exact) mass is 546 g/mol. The van der Waals surface area contributed by atoms with E-state index in [1.54, 1.807) is 11.3 Å². The molecule has 0 spiro atoms. The summed E-state index contributed by atoms with van der Waals surface area (Å²) in [5, 5.41) is 17.3. The van der Waals surface area contributed by atoms with E-state index in [1.165, 1.54) is 12.0 Å². The lowest BCUT2D eigenvalue weighted by atomic mass is 9.91. The average molecular weight is 547 g/mol. The summed E-state index contributed by atoms with van der Waals surface area (Å²) in [6.45, 7) is 7.62. The number of rotatable bonds is 8. The summed E-state index contributed by atoms with van der Waals surface area (Å²) in [6.07, 6.45) is -0.670. The minimum atomic E-state index is -0.825. The number of halogens is 1. The van der Waals surface area contributed by atoms with Crippen LogP contribution in [0.2, 0.25) is 5.02 Å². The van der Waals surface area contributed by atoms with Gasteiger partial charge in [0, 0.05) is 13.0 Å². The van der Waals surface area contributed by atoms with Crippen molar-refractivity contribution >= 4 is 34.8 Å². The second-order valence-electron chi connectivity index (χ2n) is 9.61. The lowest BCUT2D eigenvalue weighted by Gasteiger charge is -2.29. The van der Waals surface area contributed by atoms with Gasteiger partial charge in [-0.2, -0.15) is 0 Å². The first-order valence-corrected chi connectivity index (χ1v) is 13.4. The van der Waals surface area contributed by atoms with Gasteiger partial charge in [0.2, 0.25) is 11.8 Å². The molecule has 4 rings (SSSR count). The Morgan fingerprint density at radius 2 is 1.97 bits per heavy atom. The summed E-state index contributed by atoms with van der Waals surface area (Å²) in [7, 11) is 1.41. The maximum atomic E-state index is 13.7. The number of benzene rings is 1. The van der Waals surface area contributed by atoms with Gasteiger partial charge >= 0.3 is 0 Å². The summed E-state index contributed by atoms with van der Waals surface area (Å²) in [6, 6.07) is 6.84. The van der Waals surface area contributed by atoms with Gasteiger partial charge in [-0.1, -0.05) is 49.7 Å². The number of aromatic nitrogens is 2. The van der Waals surface area contributed by atoms with Crippen LogP contribution in [0.15, 0.2) is 34.3 Å². The first kappa shape index (κ1) is 27.1. The number of hydrogen-bond donors (Lipinski definition) is 2. The van der Waals surface area contributed by atoms with Crippen LogP contribution in [0.25, 0.3) is 10.4 Å². The number of carbonyl (C=O) groups is 2. The van der Waals surface area contributed by atoms with Crippen LogP contribution in [-0.4, -0.2) is 57.8 Å². The van der Waals surface area contributed by atoms with E-state index in [4.69, 9.17) is 20.9 Å². The van der Waals surface area contributed by atoms with Gasteiger partial charge in [0.15, 0.2) is 5.76 Å². The molecule has 2 amide bonds. The zero-order valence-electron chi connectivity index (χ0n) is 21.4. The fourth-order valence-corrected chi connectivity index (χ4v) is 5.75. The summed E-state index contributed by atoms with van der Waals surface area (Å²) in [5.41, 5.74) is 4.80. The second kappa shape index (κ2) is 11.2. The molecule has 1 aromatic carbocycles. The molecule has 1 fully saturated rings. The van der Waals surface area contributed by atoms with Gasteiger partial charge in [0.1, 0.15) is 17.0 Å². The highest BCUT2D eigenvalue weighted by atomic mass is 35.5. The van der Waals surface area contributed by atoms with E-state index in [0.29, 0.717) is 0 Å². The van der Waals surface area contributed by atoms with Crippen molar-refractivity contribution in [3.8, 4) is 16.3 Å². The molecule has 1 saturated heterocycles. The van der Waals surface area contributed by atoms with Crippen LogP contribution in [0.5, 0.6) is 5.88 Å². The van der Waals surface area contributed by atoms with Gasteiger partial charge in [-0.15, -0.1) is 11.3 Å². The number of aliphatic hydroxyl groups excluding tert-OH is 1. The molecule has 1 aliphatic heterocycles. The Hall–Kier alpha value is -2.95. The van der Waals surface area contributed by atoms with E-state index in [0.717, 1.165) is 21.7 Å². The Labute approximate surface area is 224 Å². The second-order valence-corrected chi connectivity index (χ2v) is 10.8. The van der Waals surface area contributed by atoms with Crippen molar-refractivity contribution in [3.63, 3.8) is 0 Å². The molecule has 0 bridgehead atoms. The highest BCUT2D eigenvalue weighted by Gasteiger charge is 2.44. The Morgan fingerprint density at radius 1 is 1.27 bits per heavy atom. The van der Waals surface area contributed by atoms with Crippen LogP contribution < -0.4 is 10.1 Å². The number of carbonyl (C=O) groups excluding carboxylic acids is 2. The number of β-amino-alcohol motifs (C(OH)–C–C–N with tert-alkyl or cyclic N) is 1. The molecule has 11 heteroatoms. The minimum Gasteiger partial charge on any atom is -0.478 e. The van der Waals surface area contributed by atoms with Crippen molar-refractivity contribution in [1.29, 1.82) is 0 Å². The number of amides is 2. The molecule has 2 aromatic heterocycles. The number of likely N-dealkylation sites (tertiary alicyclic amines) is 1. The first-order chi connectivity index (χ1) is 17.6. The zero-order chi connectivity index (χ0) is 26.9. The largest absolute Gasteiger partial charge is 0.478 e. The number of hydrogen-bond acceptors (Lipinski definition) is 8. The SMILES string of the molecule is COc1noc(C(C(=O)N2C[C@H](O)CC2C(=O)N[C@@H](C)c2ccc(-c3scnc3C)cc2)C(C)C)c1Cl. The van der Waals surface area contributed by atoms with Gasteiger partial charge in [-0.3, -0.25) is 9.59 Å². The van der Waals surface area contributed by atoms with Crippen molar-refractivity contribution in [2.24, 2.45) is 5.92 Å². The van der Waals surface area contributed by atoms with Crippen molar-refractivity contribution in [3.05, 3.63) is 51.8 Å². The average Bonchev–Trinajstić information content (AvgIpc) is 3.57. The third-order valence-electron chi connectivity index (χ3n) is 6.68. The van der Waals surface area contributed by atoms with E-state index in [2.05, 4.69) is 15.5 Å². The van der Waals surface area contributed by atoms with Crippen LogP contribution in [0.1, 0.15) is 56.2 Å². The molecule has 0 radical (unpaired) electrons. The van der Waals surface area contributed by atoms with Gasteiger partial charge in [-0.05, 0) is 36.0 Å². The third kappa shape index (κ3) is 5.51. The van der Waals surface area contributed by atoms with Crippen LogP contribution in [0, 0.1) is 12.8 Å². The number of nitrogens with one attached hydrogen (secondary N) is 1. The molecule has 9 nitrogen and oxygen atoms in total. The predicted octanol–water partition coefficient (Wildman–Crippen LogP) is 4.35. The summed E-state index contributed by atoms with van der Waals surface area (Å²) >= 11 is 7.93. The molecule has 0 saturated carbocycles. The highest BCUT2D eigenvalue weighted by Crippen LogP contribution is 2.38. The first-order valence-electron chi connectivity index (χ1n) is 12.1. The van der Waals surface area contributed by atoms with Crippen molar-refractivity contribution in [2.75, 3.05) is 13.7 Å². The fourth-order valence-electron chi connectivity index (χ4n) is 4.68. The van der Waals surface area contributed by atoms with Gasteiger partial charge in [-0.25, -0.2) is 4.98 Å². The Kier molecular flexibility index (Phi) is 8.20. The molecule has 4 atom stereocenters. The van der Waals surface area contributed by atoms with Crippen LogP contribution in [-0.2, 0) is 9.59 Å². The van der Waals surface area contributed by atoms with Gasteiger partial charge in [0.05, 0.1) is 35.3 Å². The quantitative estimate of drug-likeness (QED) is 0.431. The van der Waals surface area contributed by atoms with Crippen LogP contribution in [0.3, 0.4) is 0 Å². The number of thiazole rings is 1. The number of nitrogens with zero attached hydrogens (tertiary/aromatic N) is 3. The summed E-state index contributed by atoms with van der Waals surface area (Å²) < 4.78 is 10.4. The van der Waals surface area contributed by atoms with E-state index in [1.807, 2.05) is 57.5 Å². The summed E-state index contributed by atoms with van der Waals surface area (Å²) in [4.78, 5) is 33.8. The lowest BCUT2D eigenvalue weighted by molar-refractivity contribution is -0.141. The maximum absolute atomic E-state index is 13.7. The highest BCUT2D eigenvalue weighted by molar-refractivity contribution is 7.13. The molecular weight excluding hydrogens is 516 g/mol. The Morgan fingerprint density at radius 3 is 2.54 bits per heavy atom. The minimum absolute atomic E-state index is 0.0420. The van der Waals surface area contributed by atoms with E-state index >= 15 is 0 Å². The molecule has 3 aromatic rings. The zero-order valence-corrected chi connectivity index (χ0v) is 23.0. The van der Waals surface area contributed by atoms with E-state index in [-0.39, 0.29) is 53.4 Å². The molecule has 37 heavy (non-hydrogen) atoms. The molecule has 0 aliphatic carbocycles. The molecule has 2 unspecified atom stereocenters. The van der Waals surface area contributed by atoms with Crippen molar-refractivity contribution < 1.29 is 24.0 Å². The Bertz CT molecular complexity index is 1260. The van der Waals surface area contributed by atoms with Crippen LogP contribution in [0.4, 0.5) is 0 Å². The number of aryl methyl sites for hydroxylation is 1. The van der Waals surface area contributed by atoms with Crippen LogP contribution >= 0.6 is 22.9 Å². The summed E-state index contributed by atoms with van der Waals surface area (Å²) in [5.74, 6) is -1.40. The normalized spacial score (nSPS) is 19.2.